The molecule has 2 bridgehead atoms. The SMILES string of the molecule is O=C1Cc2cc(-c3cnc(O[C@H]4CCN5CCC[C@@H]4C5)nc3)ccc2N1. The molecular weight excluding hydrogens is 328 g/mol. The zero-order valence-corrected chi connectivity index (χ0v) is 14.6. The highest BCUT2D eigenvalue weighted by molar-refractivity contribution is 5.99. The molecule has 2 aromatic rings. The highest BCUT2D eigenvalue weighted by atomic mass is 16.5. The smallest absolute Gasteiger partial charge is 0.316 e. The van der Waals surface area contributed by atoms with Gasteiger partial charge in [-0.05, 0) is 49.1 Å². The molecule has 0 spiro atoms. The standard InChI is InChI=1S/C20H22N4O2/c25-19-9-15-8-13(3-4-17(15)23-19)16-10-21-20(22-11-16)26-18-5-7-24-6-1-2-14(18)12-24/h3-4,8,10-11,14,18H,1-2,5-7,9,12H2,(H,23,25)/t14-,18+/m1/s1. The Kier molecular flexibility index (Phi) is 3.85. The van der Waals surface area contributed by atoms with E-state index in [2.05, 4.69) is 20.2 Å². The molecule has 1 aromatic carbocycles. The van der Waals surface area contributed by atoms with Gasteiger partial charge in [0.2, 0.25) is 5.91 Å². The lowest BCUT2D eigenvalue weighted by Crippen LogP contribution is -2.49. The molecule has 1 aromatic heterocycles. The number of piperidine rings is 2. The van der Waals surface area contributed by atoms with Crippen LogP contribution in [-0.2, 0) is 11.2 Å². The lowest BCUT2D eigenvalue weighted by molar-refractivity contribution is -0.115. The Labute approximate surface area is 152 Å². The number of benzene rings is 1. The maximum Gasteiger partial charge on any atom is 0.316 e. The van der Waals surface area contributed by atoms with Crippen LogP contribution < -0.4 is 10.1 Å². The molecule has 1 amide bonds. The van der Waals surface area contributed by atoms with Crippen molar-refractivity contribution in [3.63, 3.8) is 0 Å². The van der Waals surface area contributed by atoms with Gasteiger partial charge in [0.15, 0.2) is 0 Å². The van der Waals surface area contributed by atoms with Crippen LogP contribution in [0.2, 0.25) is 0 Å². The van der Waals surface area contributed by atoms with Crippen molar-refractivity contribution in [2.24, 2.45) is 5.92 Å². The number of hydrogen-bond donors (Lipinski definition) is 1. The zero-order chi connectivity index (χ0) is 17.5. The average molecular weight is 350 g/mol. The molecule has 4 heterocycles. The van der Waals surface area contributed by atoms with Crippen LogP contribution in [0.1, 0.15) is 24.8 Å². The molecule has 1 N–H and O–H groups in total. The summed E-state index contributed by atoms with van der Waals surface area (Å²) in [5.41, 5.74) is 3.88. The topological polar surface area (TPSA) is 67.3 Å². The van der Waals surface area contributed by atoms with Crippen molar-refractivity contribution in [3.8, 4) is 17.1 Å². The summed E-state index contributed by atoms with van der Waals surface area (Å²) in [4.78, 5) is 22.9. The van der Waals surface area contributed by atoms with E-state index in [1.807, 2.05) is 30.6 Å². The van der Waals surface area contributed by atoms with E-state index in [1.54, 1.807) is 0 Å². The molecule has 6 nitrogen and oxygen atoms in total. The first-order valence-electron chi connectivity index (χ1n) is 9.39. The molecule has 0 aliphatic carbocycles. The first kappa shape index (κ1) is 15.8. The summed E-state index contributed by atoms with van der Waals surface area (Å²) in [6.45, 7) is 3.49. The van der Waals surface area contributed by atoms with Crippen LogP contribution in [0, 0.1) is 5.92 Å². The number of anilines is 1. The van der Waals surface area contributed by atoms with Gasteiger partial charge in [0.05, 0.1) is 6.42 Å². The molecule has 2 saturated heterocycles. The molecule has 3 aliphatic heterocycles. The van der Waals surface area contributed by atoms with Crippen molar-refractivity contribution in [3.05, 3.63) is 36.2 Å². The summed E-state index contributed by atoms with van der Waals surface area (Å²) < 4.78 is 6.12. The summed E-state index contributed by atoms with van der Waals surface area (Å²) in [6, 6.07) is 6.43. The minimum atomic E-state index is 0.0471. The van der Waals surface area contributed by atoms with E-state index < -0.39 is 0 Å². The Morgan fingerprint density at radius 1 is 1.12 bits per heavy atom. The average Bonchev–Trinajstić information content (AvgIpc) is 3.04. The van der Waals surface area contributed by atoms with Crippen LogP contribution in [0.5, 0.6) is 6.01 Å². The number of rotatable bonds is 3. The minimum absolute atomic E-state index is 0.0471. The van der Waals surface area contributed by atoms with Crippen LogP contribution in [-0.4, -0.2) is 46.5 Å². The van der Waals surface area contributed by atoms with E-state index in [0.717, 1.165) is 41.9 Å². The van der Waals surface area contributed by atoms with Crippen LogP contribution >= 0.6 is 0 Å². The van der Waals surface area contributed by atoms with E-state index in [-0.39, 0.29) is 12.0 Å². The van der Waals surface area contributed by atoms with Crippen LogP contribution in [0.4, 0.5) is 5.69 Å². The highest BCUT2D eigenvalue weighted by Crippen LogP contribution is 2.30. The molecule has 6 heteroatoms. The molecule has 0 saturated carbocycles. The molecule has 134 valence electrons. The number of carbonyl (C=O) groups is 1. The number of nitrogens with zero attached hydrogens (tertiary/aromatic N) is 3. The Morgan fingerprint density at radius 3 is 2.88 bits per heavy atom. The molecule has 2 fully saturated rings. The Bertz CT molecular complexity index is 836. The zero-order valence-electron chi connectivity index (χ0n) is 14.6. The van der Waals surface area contributed by atoms with Crippen molar-refractivity contribution in [2.45, 2.75) is 31.8 Å². The van der Waals surface area contributed by atoms with Crippen molar-refractivity contribution >= 4 is 11.6 Å². The number of ether oxygens (including phenoxy) is 1. The van der Waals surface area contributed by atoms with Gasteiger partial charge in [0.1, 0.15) is 6.10 Å². The van der Waals surface area contributed by atoms with Crippen LogP contribution in [0.25, 0.3) is 11.1 Å². The molecule has 0 radical (unpaired) electrons. The molecule has 1 unspecified atom stereocenters. The molecule has 26 heavy (non-hydrogen) atoms. The third-order valence-electron chi connectivity index (χ3n) is 5.75. The number of aromatic nitrogens is 2. The maximum atomic E-state index is 11.5. The highest BCUT2D eigenvalue weighted by Gasteiger charge is 2.33. The largest absolute Gasteiger partial charge is 0.460 e. The fourth-order valence-electron chi connectivity index (χ4n) is 4.37. The minimum Gasteiger partial charge on any atom is -0.460 e. The second-order valence-electron chi connectivity index (χ2n) is 7.50. The fourth-order valence-corrected chi connectivity index (χ4v) is 4.37. The quantitative estimate of drug-likeness (QED) is 0.921. The summed E-state index contributed by atoms with van der Waals surface area (Å²) in [6.07, 6.45) is 7.84. The van der Waals surface area contributed by atoms with Gasteiger partial charge in [-0.2, -0.15) is 0 Å². The van der Waals surface area contributed by atoms with Crippen molar-refractivity contribution in [1.82, 2.24) is 14.9 Å². The van der Waals surface area contributed by atoms with E-state index in [4.69, 9.17) is 4.74 Å². The van der Waals surface area contributed by atoms with Gasteiger partial charge in [0, 0.05) is 42.7 Å². The van der Waals surface area contributed by atoms with Gasteiger partial charge in [-0.1, -0.05) is 6.07 Å². The second kappa shape index (κ2) is 6.36. The Balaban J connectivity index is 1.30. The number of amides is 1. The lowest BCUT2D eigenvalue weighted by atomic mass is 9.87. The summed E-state index contributed by atoms with van der Waals surface area (Å²) >= 11 is 0. The normalized spacial score (nSPS) is 26.9. The fraction of sp³-hybridized carbons (Fsp3) is 0.450. The van der Waals surface area contributed by atoms with Crippen LogP contribution in [0.3, 0.4) is 0 Å². The van der Waals surface area contributed by atoms with Gasteiger partial charge >= 0.3 is 6.01 Å². The number of nitrogens with one attached hydrogen (secondary N) is 1. The van der Waals surface area contributed by atoms with Gasteiger partial charge in [-0.15, -0.1) is 0 Å². The Hall–Kier alpha value is -2.47. The van der Waals surface area contributed by atoms with E-state index in [9.17, 15) is 4.79 Å². The van der Waals surface area contributed by atoms with E-state index in [1.165, 1.54) is 19.4 Å². The van der Waals surface area contributed by atoms with Crippen LogP contribution in [0.15, 0.2) is 30.6 Å². The number of carbonyl (C=O) groups excluding carboxylic acids is 1. The van der Waals surface area contributed by atoms with Gasteiger partial charge in [-0.25, -0.2) is 9.97 Å². The third kappa shape index (κ3) is 2.94. The summed E-state index contributed by atoms with van der Waals surface area (Å²) in [7, 11) is 0. The van der Waals surface area contributed by atoms with Gasteiger partial charge in [-0.3, -0.25) is 4.79 Å². The number of hydrogen-bond acceptors (Lipinski definition) is 5. The molecule has 3 aliphatic rings. The molecular formula is C20H22N4O2. The summed E-state index contributed by atoms with van der Waals surface area (Å²) in [5.74, 6) is 0.647. The van der Waals surface area contributed by atoms with E-state index >= 15 is 0 Å². The maximum absolute atomic E-state index is 11.5. The second-order valence-corrected chi connectivity index (χ2v) is 7.50. The van der Waals surface area contributed by atoms with Crippen molar-refractivity contribution in [1.29, 1.82) is 0 Å². The molecule has 3 atom stereocenters. The Morgan fingerprint density at radius 2 is 2.00 bits per heavy atom. The third-order valence-corrected chi connectivity index (χ3v) is 5.75. The predicted molar refractivity (Wildman–Crippen MR) is 98.0 cm³/mol. The predicted octanol–water partition coefficient (Wildman–Crippen LogP) is 2.50. The van der Waals surface area contributed by atoms with Crippen molar-refractivity contribution < 1.29 is 9.53 Å². The number of fused-ring (bicyclic) bond motifs is 3. The summed E-state index contributed by atoms with van der Waals surface area (Å²) in [5, 5.41) is 2.85. The lowest BCUT2D eigenvalue weighted by Gasteiger charge is -2.41. The van der Waals surface area contributed by atoms with Crippen molar-refractivity contribution in [2.75, 3.05) is 25.0 Å². The van der Waals surface area contributed by atoms with Gasteiger partial charge in [0.25, 0.3) is 0 Å². The first-order valence-corrected chi connectivity index (χ1v) is 9.39. The first-order chi connectivity index (χ1) is 12.7. The molecule has 5 rings (SSSR count). The monoisotopic (exact) mass is 350 g/mol. The van der Waals surface area contributed by atoms with E-state index in [0.29, 0.717) is 18.3 Å². The van der Waals surface area contributed by atoms with Gasteiger partial charge < -0.3 is 15.0 Å².